The summed E-state index contributed by atoms with van der Waals surface area (Å²) in [5.74, 6) is -1.34. The highest BCUT2D eigenvalue weighted by Crippen LogP contribution is 2.47. The van der Waals surface area contributed by atoms with Gasteiger partial charge in [-0.25, -0.2) is 10.5 Å². The Balaban J connectivity index is 1.58. The van der Waals surface area contributed by atoms with Crippen LogP contribution in [0.3, 0.4) is 0 Å². The maximum Gasteiger partial charge on any atom is 0.357 e. The molecule has 1 atom stereocenters. The Morgan fingerprint density at radius 2 is 1.57 bits per heavy atom. The summed E-state index contributed by atoms with van der Waals surface area (Å²) in [6, 6.07) is 17.9. The minimum Gasteiger partial charge on any atom is -0.506 e. The molecule has 0 aliphatic heterocycles. The second-order valence-electron chi connectivity index (χ2n) is 9.84. The molecule has 0 aliphatic rings. The summed E-state index contributed by atoms with van der Waals surface area (Å²) in [6.07, 6.45) is 0. The average Bonchev–Trinajstić information content (AvgIpc) is 3.08. The van der Waals surface area contributed by atoms with Gasteiger partial charge >= 0.3 is 11.4 Å². The highest BCUT2D eigenvalue weighted by molar-refractivity contribution is 7.95. The van der Waals surface area contributed by atoms with Crippen LogP contribution in [-0.2, 0) is 40.2 Å². The van der Waals surface area contributed by atoms with Crippen LogP contribution in [0.25, 0.3) is 21.5 Å². The summed E-state index contributed by atoms with van der Waals surface area (Å²) in [7, 11) is -4.21. The Bertz CT molecular complexity index is 2260. The zero-order valence-electron chi connectivity index (χ0n) is 25.2. The largest absolute Gasteiger partial charge is 0.506 e. The number of fused-ring (bicyclic) bond motifs is 2. The second kappa shape index (κ2) is 17.1. The van der Waals surface area contributed by atoms with E-state index < -0.39 is 38.7 Å². The summed E-state index contributed by atoms with van der Waals surface area (Å²) in [5.41, 5.74) is 0.497. The standard InChI is InChI=1S/C28H23N5O14S4/c34-24-14-23(31-30-17-2-1-3-18(11-17)43-50(38)39)22-13-19(48-46-44-36)6-7-20(22)26(24)32-33-27-25(49-47-45-37)10-15-4-5-16(12-21(15)28(27)35)29-8-9-51(40,41)42/h1-7,10-14,29,34-37H,8-9H2,(H,38,39)(H,40,41,42). The lowest BCUT2D eigenvalue weighted by molar-refractivity contribution is -0.432. The topological polar surface area (TPSA) is 280 Å². The zero-order valence-corrected chi connectivity index (χ0v) is 28.5. The number of phenolic OH excluding ortho intramolecular Hbond substituents is 2. The van der Waals surface area contributed by atoms with E-state index in [0.717, 1.165) is 0 Å². The number of rotatable bonds is 16. The van der Waals surface area contributed by atoms with Crippen LogP contribution in [0.2, 0.25) is 0 Å². The van der Waals surface area contributed by atoms with Crippen molar-refractivity contribution in [1.29, 1.82) is 0 Å². The summed E-state index contributed by atoms with van der Waals surface area (Å²) in [4.78, 5) is 0.533. The number of hydrogen-bond acceptors (Lipinski definition) is 19. The van der Waals surface area contributed by atoms with Crippen LogP contribution in [0.4, 0.5) is 28.4 Å². The molecule has 0 aromatic heterocycles. The smallest absolute Gasteiger partial charge is 0.357 e. The van der Waals surface area contributed by atoms with Gasteiger partial charge in [-0.05, 0) is 47.9 Å². The van der Waals surface area contributed by atoms with Crippen molar-refractivity contribution in [2.24, 2.45) is 20.5 Å². The molecule has 5 aromatic rings. The van der Waals surface area contributed by atoms with Gasteiger partial charge in [-0.2, -0.15) is 17.7 Å². The summed E-state index contributed by atoms with van der Waals surface area (Å²) < 4.78 is 65.1. The van der Waals surface area contributed by atoms with Crippen molar-refractivity contribution in [2.45, 2.75) is 9.79 Å². The Morgan fingerprint density at radius 1 is 0.804 bits per heavy atom. The molecular formula is C28H23N5O14S4. The van der Waals surface area contributed by atoms with E-state index in [0.29, 0.717) is 45.4 Å². The first kappa shape index (κ1) is 37.7. The molecule has 0 bridgehead atoms. The highest BCUT2D eigenvalue weighted by Gasteiger charge is 2.18. The number of benzene rings is 5. The lowest BCUT2D eigenvalue weighted by atomic mass is 10.1. The van der Waals surface area contributed by atoms with Crippen LogP contribution < -0.4 is 9.50 Å². The van der Waals surface area contributed by atoms with Gasteiger partial charge in [-0.15, -0.1) is 24.0 Å². The maximum atomic E-state index is 11.3. The zero-order chi connectivity index (χ0) is 36.5. The molecule has 0 radical (unpaired) electrons. The van der Waals surface area contributed by atoms with Gasteiger partial charge in [0.05, 0.1) is 46.1 Å². The highest BCUT2D eigenvalue weighted by atomic mass is 32.2. The number of aromatic hydroxyl groups is 2. The Morgan fingerprint density at radius 3 is 2.31 bits per heavy atom. The molecule has 5 aromatic carbocycles. The Labute approximate surface area is 297 Å². The fourth-order valence-corrected chi connectivity index (χ4v) is 6.05. The summed E-state index contributed by atoms with van der Waals surface area (Å²) >= 11 is -1.43. The quantitative estimate of drug-likeness (QED) is 0.0125. The monoisotopic (exact) mass is 781 g/mol. The molecule has 0 saturated carbocycles. The average molecular weight is 782 g/mol. The number of nitrogens with one attached hydrogen (secondary N) is 1. The molecule has 19 nitrogen and oxygen atoms in total. The van der Waals surface area contributed by atoms with Crippen LogP contribution >= 0.6 is 24.1 Å². The van der Waals surface area contributed by atoms with E-state index in [1.54, 1.807) is 30.3 Å². The first-order chi connectivity index (χ1) is 24.5. The van der Waals surface area contributed by atoms with Crippen molar-refractivity contribution >= 4 is 95.5 Å². The van der Waals surface area contributed by atoms with E-state index in [4.69, 9.17) is 23.8 Å². The number of hydrogen-bond donors (Lipinski definition) is 7. The molecule has 0 amide bonds. The van der Waals surface area contributed by atoms with E-state index >= 15 is 0 Å². The van der Waals surface area contributed by atoms with E-state index in [1.807, 2.05) is 0 Å². The van der Waals surface area contributed by atoms with Crippen molar-refractivity contribution in [3.05, 3.63) is 72.8 Å². The fourth-order valence-electron chi connectivity index (χ4n) is 4.53. The minimum atomic E-state index is -4.21. The number of azo groups is 2. The van der Waals surface area contributed by atoms with Crippen molar-refractivity contribution < 1.29 is 65.4 Å². The molecule has 51 heavy (non-hydrogen) atoms. The molecule has 0 heterocycles. The van der Waals surface area contributed by atoms with Crippen LogP contribution in [0.1, 0.15) is 0 Å². The molecule has 1 unspecified atom stereocenters. The van der Waals surface area contributed by atoms with Crippen molar-refractivity contribution in [3.8, 4) is 17.2 Å². The molecule has 5 rings (SSSR count). The molecule has 0 aliphatic carbocycles. The normalized spacial score (nSPS) is 12.7. The van der Waals surface area contributed by atoms with Crippen LogP contribution in [-0.4, -0.2) is 54.8 Å². The predicted molar refractivity (Wildman–Crippen MR) is 184 cm³/mol. The molecule has 0 spiro atoms. The first-order valence-corrected chi connectivity index (χ1v) is 17.9. The summed E-state index contributed by atoms with van der Waals surface area (Å²) in [6.45, 7) is -0.124. The summed E-state index contributed by atoms with van der Waals surface area (Å²) in [5, 5.41) is 68.1. The van der Waals surface area contributed by atoms with E-state index in [1.165, 1.54) is 42.5 Å². The SMILES string of the molecule is O=S(O)Oc1cccc(N=Nc2cc(O)c(N=Nc3c(SOOO)cc4ccc(NCCS(=O)(=O)O)cc4c3O)c3ccc(SOOO)cc23)c1. The van der Waals surface area contributed by atoms with Crippen molar-refractivity contribution in [2.75, 3.05) is 17.6 Å². The molecular weight excluding hydrogens is 759 g/mol. The molecule has 23 heteroatoms. The van der Waals surface area contributed by atoms with Gasteiger partial charge in [0, 0.05) is 45.4 Å². The molecule has 7 N–H and O–H groups in total. The van der Waals surface area contributed by atoms with Gasteiger partial charge in [0.15, 0.2) is 5.75 Å². The van der Waals surface area contributed by atoms with E-state index in [-0.39, 0.29) is 50.7 Å². The molecule has 268 valence electrons. The Kier molecular flexibility index (Phi) is 12.7. The van der Waals surface area contributed by atoms with Crippen molar-refractivity contribution in [3.63, 3.8) is 0 Å². The fraction of sp³-hybridized carbons (Fsp3) is 0.0714. The van der Waals surface area contributed by atoms with Crippen molar-refractivity contribution in [1.82, 2.24) is 0 Å². The third-order valence-electron chi connectivity index (χ3n) is 6.60. The second-order valence-corrected chi connectivity index (χ2v) is 13.5. The first-order valence-electron chi connectivity index (χ1n) is 13.8. The lowest BCUT2D eigenvalue weighted by Gasteiger charge is -2.12. The molecule has 0 fully saturated rings. The van der Waals surface area contributed by atoms with Gasteiger partial charge in [0.1, 0.15) is 22.9 Å². The van der Waals surface area contributed by atoms with E-state index in [9.17, 15) is 22.8 Å². The van der Waals surface area contributed by atoms with Gasteiger partial charge in [0.2, 0.25) is 0 Å². The minimum absolute atomic E-state index is 0.0469. The predicted octanol–water partition coefficient (Wildman–Crippen LogP) is 7.91. The number of phenols is 2. The van der Waals surface area contributed by atoms with Crippen LogP contribution in [0, 0.1) is 0 Å². The van der Waals surface area contributed by atoms with Gasteiger partial charge in [-0.1, -0.05) is 28.3 Å². The molecule has 0 saturated heterocycles. The van der Waals surface area contributed by atoms with Crippen LogP contribution in [0.5, 0.6) is 17.2 Å². The van der Waals surface area contributed by atoms with Crippen LogP contribution in [0.15, 0.2) is 103 Å². The van der Waals surface area contributed by atoms with Gasteiger partial charge in [0.25, 0.3) is 10.1 Å². The van der Waals surface area contributed by atoms with E-state index in [2.05, 4.69) is 44.5 Å². The third kappa shape index (κ3) is 10.1. The van der Waals surface area contributed by atoms with Gasteiger partial charge in [-0.3, -0.25) is 9.11 Å². The number of nitrogens with zero attached hydrogens (tertiary/aromatic N) is 4. The lowest BCUT2D eigenvalue weighted by Crippen LogP contribution is -2.14. The third-order valence-corrected chi connectivity index (χ3v) is 8.85. The number of anilines is 1. The Hall–Kier alpha value is -4.50. The maximum absolute atomic E-state index is 11.3. The van der Waals surface area contributed by atoms with Gasteiger partial charge < -0.3 is 19.7 Å².